The lowest BCUT2D eigenvalue weighted by Gasteiger charge is -2.20. The number of para-hydroxylation sites is 1. The van der Waals surface area contributed by atoms with Gasteiger partial charge >= 0.3 is 5.97 Å². The molecule has 0 bridgehead atoms. The summed E-state index contributed by atoms with van der Waals surface area (Å²) in [4.78, 5) is 16.5. The second kappa shape index (κ2) is 7.27. The fourth-order valence-electron chi connectivity index (χ4n) is 2.98. The van der Waals surface area contributed by atoms with Gasteiger partial charge in [0.15, 0.2) is 0 Å². The van der Waals surface area contributed by atoms with Crippen LogP contribution in [0, 0.1) is 0 Å². The van der Waals surface area contributed by atoms with Crippen LogP contribution in [0.5, 0.6) is 0 Å². The summed E-state index contributed by atoms with van der Waals surface area (Å²) in [5.74, 6) is -0.684. The molecule has 1 unspecified atom stereocenters. The number of fused-ring (bicyclic) bond motifs is 1. The molecule has 0 saturated carbocycles. The highest BCUT2D eigenvalue weighted by molar-refractivity contribution is 5.83. The van der Waals surface area contributed by atoms with Crippen molar-refractivity contribution < 1.29 is 11.3 Å². The Bertz CT molecular complexity index is 597. The van der Waals surface area contributed by atoms with Crippen LogP contribution < -0.4 is 0 Å². The monoisotopic (exact) mass is 290 g/mol. The first-order valence-electron chi connectivity index (χ1n) is 7.77. The average molecular weight is 290 g/mol. The van der Waals surface area contributed by atoms with E-state index in [4.69, 9.17) is 5.11 Å². The molecule has 1 saturated heterocycles. The fraction of sp³-hybridized carbons (Fsp3) is 0.471. The van der Waals surface area contributed by atoms with Gasteiger partial charge in [-0.1, -0.05) is 32.0 Å². The Balaban J connectivity index is 0.000000775. The quantitative estimate of drug-likeness (QED) is 0.905. The minimum atomic E-state index is -0.684. The van der Waals surface area contributed by atoms with E-state index in [1.165, 1.54) is 10.9 Å². The number of rotatable bonds is 4. The van der Waals surface area contributed by atoms with Gasteiger partial charge in [0, 0.05) is 25.1 Å². The molecule has 3 rings (SSSR count). The molecule has 1 fully saturated rings. The maximum absolute atomic E-state index is 11.1. The van der Waals surface area contributed by atoms with Gasteiger partial charge in [-0.25, -0.2) is 0 Å². The number of nitrogens with one attached hydrogen (secondary N) is 1. The zero-order chi connectivity index (χ0) is 15.2. The smallest absolute Gasteiger partial charge is 0.320 e. The molecule has 1 atom stereocenters. The molecule has 1 aliphatic heterocycles. The molecule has 0 amide bonds. The Morgan fingerprint density at radius 2 is 2.19 bits per heavy atom. The van der Waals surface area contributed by atoms with Crippen LogP contribution in [0.15, 0.2) is 30.5 Å². The summed E-state index contributed by atoms with van der Waals surface area (Å²) in [6.45, 7) is 5.72. The van der Waals surface area contributed by atoms with Crippen LogP contribution in [0.2, 0.25) is 0 Å². The molecule has 4 nitrogen and oxygen atoms in total. The van der Waals surface area contributed by atoms with Crippen molar-refractivity contribution in [1.82, 2.24) is 9.88 Å². The molecule has 4 heteroatoms. The number of aliphatic carboxylic acids is 1. The van der Waals surface area contributed by atoms with Gasteiger partial charge in [0.2, 0.25) is 0 Å². The second-order valence-corrected chi connectivity index (χ2v) is 5.14. The average Bonchev–Trinajstić information content (AvgIpc) is 3.14. The van der Waals surface area contributed by atoms with Crippen molar-refractivity contribution >= 4 is 16.9 Å². The van der Waals surface area contributed by atoms with Crippen molar-refractivity contribution in [2.75, 3.05) is 13.1 Å². The van der Waals surface area contributed by atoms with Crippen molar-refractivity contribution in [2.45, 2.75) is 39.2 Å². The minimum Gasteiger partial charge on any atom is -0.480 e. The third-order valence-corrected chi connectivity index (χ3v) is 3.99. The summed E-state index contributed by atoms with van der Waals surface area (Å²) >= 11 is 0. The van der Waals surface area contributed by atoms with Crippen molar-refractivity contribution in [3.63, 3.8) is 0 Å². The molecule has 0 spiro atoms. The van der Waals surface area contributed by atoms with Crippen molar-refractivity contribution in [2.24, 2.45) is 0 Å². The molecular weight excluding hydrogens is 264 g/mol. The third-order valence-electron chi connectivity index (χ3n) is 3.99. The van der Waals surface area contributed by atoms with Crippen LogP contribution in [0.3, 0.4) is 0 Å². The predicted molar refractivity (Wildman–Crippen MR) is 87.7 cm³/mol. The van der Waals surface area contributed by atoms with Crippen LogP contribution >= 0.6 is 0 Å². The minimum absolute atomic E-state index is 0. The highest BCUT2D eigenvalue weighted by atomic mass is 16.4. The van der Waals surface area contributed by atoms with E-state index in [1.807, 2.05) is 32.2 Å². The number of hydrogen-bond acceptors (Lipinski definition) is 2. The lowest BCUT2D eigenvalue weighted by molar-refractivity contribution is -0.142. The number of benzene rings is 1. The highest BCUT2D eigenvalue weighted by Crippen LogP contribution is 2.21. The largest absolute Gasteiger partial charge is 0.480 e. The van der Waals surface area contributed by atoms with E-state index in [1.54, 1.807) is 0 Å². The zero-order valence-electron chi connectivity index (χ0n) is 12.8. The number of H-pyrrole nitrogens is 1. The molecule has 1 aliphatic rings. The van der Waals surface area contributed by atoms with E-state index in [-0.39, 0.29) is 7.47 Å². The van der Waals surface area contributed by atoms with Crippen molar-refractivity contribution in [3.05, 3.63) is 36.0 Å². The summed E-state index contributed by atoms with van der Waals surface area (Å²) in [5.41, 5.74) is 2.42. The van der Waals surface area contributed by atoms with Gasteiger partial charge in [-0.3, -0.25) is 9.69 Å². The first-order valence-corrected chi connectivity index (χ1v) is 7.77. The lowest BCUT2D eigenvalue weighted by atomic mass is 10.1. The SMILES string of the molecule is CC.O=C(O)C1CCCN1CCc1c[nH]c2ccccc12.[HH]. The number of carbonyl (C=O) groups is 1. The molecule has 116 valence electrons. The van der Waals surface area contributed by atoms with Crippen LogP contribution in [0.1, 0.15) is 33.7 Å². The predicted octanol–water partition coefficient (Wildman–Crippen LogP) is 3.53. The second-order valence-electron chi connectivity index (χ2n) is 5.14. The Kier molecular flexibility index (Phi) is 5.39. The number of carboxylic acids is 1. The fourth-order valence-corrected chi connectivity index (χ4v) is 2.98. The van der Waals surface area contributed by atoms with Gasteiger partial charge < -0.3 is 10.1 Å². The van der Waals surface area contributed by atoms with Gasteiger partial charge in [0.1, 0.15) is 6.04 Å². The topological polar surface area (TPSA) is 56.3 Å². The van der Waals surface area contributed by atoms with E-state index in [2.05, 4.69) is 22.0 Å². The van der Waals surface area contributed by atoms with Crippen molar-refractivity contribution in [3.8, 4) is 0 Å². The van der Waals surface area contributed by atoms with E-state index in [0.717, 1.165) is 37.9 Å². The maximum Gasteiger partial charge on any atom is 0.320 e. The first kappa shape index (κ1) is 15.6. The van der Waals surface area contributed by atoms with Gasteiger partial charge in [0.05, 0.1) is 0 Å². The van der Waals surface area contributed by atoms with Gasteiger partial charge in [-0.2, -0.15) is 0 Å². The molecule has 1 aromatic heterocycles. The van der Waals surface area contributed by atoms with Crippen molar-refractivity contribution in [1.29, 1.82) is 0 Å². The number of nitrogens with zero attached hydrogens (tertiary/aromatic N) is 1. The molecule has 0 aliphatic carbocycles. The van der Waals surface area contributed by atoms with Gasteiger partial charge in [0.25, 0.3) is 0 Å². The summed E-state index contributed by atoms with van der Waals surface area (Å²) in [6, 6.07) is 7.94. The maximum atomic E-state index is 11.1. The molecular formula is C17H26N2O2. The Hall–Kier alpha value is -1.81. The van der Waals surface area contributed by atoms with Gasteiger partial charge in [-0.05, 0) is 37.4 Å². The summed E-state index contributed by atoms with van der Waals surface area (Å²) < 4.78 is 0. The van der Waals surface area contributed by atoms with E-state index < -0.39 is 5.97 Å². The van der Waals surface area contributed by atoms with Crippen LogP contribution in [-0.4, -0.2) is 40.1 Å². The number of carboxylic acid groups (broad SMARTS) is 1. The van der Waals surface area contributed by atoms with Crippen LogP contribution in [-0.2, 0) is 11.2 Å². The first-order chi connectivity index (χ1) is 10.3. The Labute approximate surface area is 127 Å². The molecule has 2 aromatic rings. The Morgan fingerprint density at radius 1 is 1.43 bits per heavy atom. The van der Waals surface area contributed by atoms with E-state index in [0.29, 0.717) is 0 Å². The molecule has 1 aromatic carbocycles. The summed E-state index contributed by atoms with van der Waals surface area (Å²) in [6.07, 6.45) is 4.71. The normalized spacial score (nSPS) is 18.5. The van der Waals surface area contributed by atoms with Gasteiger partial charge in [-0.15, -0.1) is 0 Å². The number of likely N-dealkylation sites (tertiary alicyclic amines) is 1. The number of aromatic amines is 1. The standard InChI is InChI=1S/C15H18N2O2.C2H6.H2/c18-15(19)14-6-3-8-17(14)9-7-11-10-16-13-5-2-1-4-12(11)13;1-2;/h1-2,4-5,10,14,16H,3,6-9H2,(H,18,19);1-2H3;1H. The number of hydrogen-bond donors (Lipinski definition) is 2. The highest BCUT2D eigenvalue weighted by Gasteiger charge is 2.29. The molecule has 0 radical (unpaired) electrons. The van der Waals surface area contributed by atoms with Crippen LogP contribution in [0.4, 0.5) is 0 Å². The van der Waals surface area contributed by atoms with E-state index in [9.17, 15) is 4.79 Å². The van der Waals surface area contributed by atoms with E-state index >= 15 is 0 Å². The Morgan fingerprint density at radius 3 is 2.95 bits per heavy atom. The third kappa shape index (κ3) is 3.45. The molecule has 2 heterocycles. The number of aromatic nitrogens is 1. The molecule has 21 heavy (non-hydrogen) atoms. The summed E-state index contributed by atoms with van der Waals surface area (Å²) in [5, 5.41) is 10.4. The molecule has 2 N–H and O–H groups in total. The summed E-state index contributed by atoms with van der Waals surface area (Å²) in [7, 11) is 0. The lowest BCUT2D eigenvalue weighted by Crippen LogP contribution is -2.37. The zero-order valence-corrected chi connectivity index (χ0v) is 12.8. The van der Waals surface area contributed by atoms with Crippen LogP contribution in [0.25, 0.3) is 10.9 Å².